The number of alkyl halides is 1. The Bertz CT molecular complexity index is 1310. The number of rotatable bonds is 2. The molecule has 4 rings (SSSR count). The van der Waals surface area contributed by atoms with Crippen molar-refractivity contribution in [1.82, 2.24) is 4.57 Å². The summed E-state index contributed by atoms with van der Waals surface area (Å²) in [5.41, 5.74) is -0.482. The van der Waals surface area contributed by atoms with Crippen LogP contribution >= 0.6 is 46.1 Å². The first kappa shape index (κ1) is 17.3. The van der Waals surface area contributed by atoms with Gasteiger partial charge in [-0.05, 0) is 12.1 Å². The van der Waals surface area contributed by atoms with Crippen molar-refractivity contribution in [1.29, 1.82) is 0 Å². The van der Waals surface area contributed by atoms with Crippen molar-refractivity contribution in [2.45, 2.75) is 0 Å². The number of aliphatic hydroxyl groups is 1. The quantitative estimate of drug-likeness (QED) is 0.174. The van der Waals surface area contributed by atoms with Crippen molar-refractivity contribution in [3.8, 4) is 5.82 Å². The molecule has 0 amide bonds. The molecule has 0 bridgehead atoms. The predicted octanol–water partition coefficient (Wildman–Crippen LogP) is 3.07. The number of nitrogens with zero attached hydrogens (tertiary/aromatic N) is 3. The highest BCUT2D eigenvalue weighted by molar-refractivity contribution is 7.24. The second-order valence-corrected chi connectivity index (χ2v) is 7.53. The molecule has 132 valence electrons. The van der Waals surface area contributed by atoms with Crippen molar-refractivity contribution in [2.24, 2.45) is 0 Å². The highest BCUT2D eigenvalue weighted by atomic mass is 35.5. The van der Waals surface area contributed by atoms with Crippen molar-refractivity contribution < 1.29 is 14.4 Å². The Hall–Kier alpha value is -2.13. The molecule has 2 aromatic rings. The number of fused-ring (bicyclic) bond motifs is 2. The van der Waals surface area contributed by atoms with Crippen LogP contribution in [0.4, 0.5) is 5.69 Å². The van der Waals surface area contributed by atoms with E-state index in [9.17, 15) is 20.0 Å². The average Bonchev–Trinajstić information content (AvgIpc) is 2.91. The molecule has 1 aromatic carbocycles. The summed E-state index contributed by atoms with van der Waals surface area (Å²) in [7, 11) is 0. The van der Waals surface area contributed by atoms with Gasteiger partial charge in [0.15, 0.2) is 17.5 Å². The van der Waals surface area contributed by atoms with Crippen LogP contribution in [-0.2, 0) is 0 Å². The summed E-state index contributed by atoms with van der Waals surface area (Å²) in [6.07, 6.45) is 1.17. The Morgan fingerprint density at radius 2 is 2.04 bits per heavy atom. The van der Waals surface area contributed by atoms with E-state index in [1.54, 1.807) is 12.1 Å². The number of halogens is 3. The van der Waals surface area contributed by atoms with E-state index < -0.39 is 16.2 Å². The predicted molar refractivity (Wildman–Crippen MR) is 100 cm³/mol. The standard InChI is InChI=1S/C15H6Cl3N3O4S/c16-4-9(22)12-15(23)20-11-7(17)1-2-8(18)13(11)26-10-3-6(21(24)25)5-19(12)14(10)20/h1-3,5H,4H2/p+1. The lowest BCUT2D eigenvalue weighted by molar-refractivity contribution is -0.549. The Kier molecular flexibility index (Phi) is 3.96. The van der Waals surface area contributed by atoms with Gasteiger partial charge in [0.05, 0.1) is 25.5 Å². The fourth-order valence-corrected chi connectivity index (χ4v) is 4.72. The third-order valence-electron chi connectivity index (χ3n) is 3.93. The fraction of sp³-hybridized carbons (Fsp3) is 0.0667. The number of pyridine rings is 1. The second kappa shape index (κ2) is 5.95. The number of aliphatic hydroxyl groups excluding tert-OH is 1. The van der Waals surface area contributed by atoms with Gasteiger partial charge in [0.1, 0.15) is 4.70 Å². The molecule has 0 spiro atoms. The summed E-state index contributed by atoms with van der Waals surface area (Å²) >= 11 is 19.4. The summed E-state index contributed by atoms with van der Waals surface area (Å²) in [6, 6.07) is 4.48. The van der Waals surface area contributed by atoms with Crippen LogP contribution in [-0.4, -0.2) is 20.5 Å². The third-order valence-corrected chi connectivity index (χ3v) is 6.05. The smallest absolute Gasteiger partial charge is 0.390 e. The van der Waals surface area contributed by atoms with Crippen LogP contribution in [0.1, 0.15) is 0 Å². The molecule has 1 N–H and O–H groups in total. The molecule has 0 radical (unpaired) electrons. The van der Waals surface area contributed by atoms with E-state index >= 15 is 0 Å². The molecule has 11 heteroatoms. The lowest BCUT2D eigenvalue weighted by atomic mass is 10.3. The van der Waals surface area contributed by atoms with Crippen LogP contribution in [0.3, 0.4) is 0 Å². The molecule has 2 aliphatic heterocycles. The molecule has 0 atom stereocenters. The van der Waals surface area contributed by atoms with Crippen molar-refractivity contribution in [3.05, 3.63) is 60.3 Å². The zero-order valence-corrected chi connectivity index (χ0v) is 15.7. The van der Waals surface area contributed by atoms with Gasteiger partial charge in [-0.1, -0.05) is 23.2 Å². The average molecular weight is 432 g/mol. The van der Waals surface area contributed by atoms with Gasteiger partial charge in [0, 0.05) is 6.07 Å². The van der Waals surface area contributed by atoms with E-state index in [1.165, 1.54) is 21.2 Å². The maximum atomic E-state index is 13.0. The minimum Gasteiger partial charge on any atom is -0.506 e. The number of nitro groups is 1. The molecule has 0 aliphatic carbocycles. The van der Waals surface area contributed by atoms with Crippen LogP contribution in [0, 0.1) is 10.1 Å². The molecule has 2 aliphatic rings. The van der Waals surface area contributed by atoms with Gasteiger partial charge >= 0.3 is 17.1 Å². The van der Waals surface area contributed by atoms with Gasteiger partial charge in [-0.25, -0.2) is 4.79 Å². The lowest BCUT2D eigenvalue weighted by Gasteiger charge is -2.06. The summed E-state index contributed by atoms with van der Waals surface area (Å²) in [5.74, 6) is -0.389. The topological polar surface area (TPSA) is 89.5 Å². The monoisotopic (exact) mass is 430 g/mol. The van der Waals surface area contributed by atoms with E-state index in [-0.39, 0.29) is 21.9 Å². The molecule has 7 nitrogen and oxygen atoms in total. The first-order valence-corrected chi connectivity index (χ1v) is 9.18. The van der Waals surface area contributed by atoms with Crippen LogP contribution < -0.4 is 15.3 Å². The van der Waals surface area contributed by atoms with Crippen LogP contribution in [0.15, 0.2) is 29.2 Å². The maximum absolute atomic E-state index is 13.0. The van der Waals surface area contributed by atoms with E-state index in [4.69, 9.17) is 34.8 Å². The molecule has 26 heavy (non-hydrogen) atoms. The maximum Gasteiger partial charge on any atom is 0.390 e. The second-order valence-electron chi connectivity index (χ2n) is 5.39. The normalized spacial score (nSPS) is 13.0. The minimum atomic E-state index is -0.601. The minimum absolute atomic E-state index is 0.163. The van der Waals surface area contributed by atoms with Gasteiger partial charge < -0.3 is 5.11 Å². The van der Waals surface area contributed by atoms with Crippen molar-refractivity contribution in [2.75, 3.05) is 5.88 Å². The molecule has 0 saturated heterocycles. The molecular weight excluding hydrogens is 425 g/mol. The third kappa shape index (κ3) is 2.26. The highest BCUT2D eigenvalue weighted by Crippen LogP contribution is 2.37. The Labute approximate surface area is 163 Å². The molecule has 0 saturated carbocycles. The zero-order chi connectivity index (χ0) is 18.7. The van der Waals surface area contributed by atoms with Gasteiger partial charge in [-0.15, -0.1) is 27.5 Å². The first-order valence-electron chi connectivity index (χ1n) is 7.08. The van der Waals surface area contributed by atoms with Crippen LogP contribution in [0.2, 0.25) is 10.0 Å². The van der Waals surface area contributed by atoms with E-state index in [2.05, 4.69) is 0 Å². The Balaban J connectivity index is 2.44. The van der Waals surface area contributed by atoms with E-state index in [1.807, 2.05) is 0 Å². The van der Waals surface area contributed by atoms with Gasteiger partial charge in [0.25, 0.3) is 5.35 Å². The summed E-state index contributed by atoms with van der Waals surface area (Å²) in [4.78, 5) is 23.7. The molecule has 1 aromatic heterocycles. The Morgan fingerprint density at radius 1 is 1.35 bits per heavy atom. The number of aromatic nitrogens is 2. The lowest BCUT2D eigenvalue weighted by Crippen LogP contribution is -2.45. The molecular formula is C15H7Cl3N3O4S+. The highest BCUT2D eigenvalue weighted by Gasteiger charge is 2.34. The summed E-state index contributed by atoms with van der Waals surface area (Å²) in [5, 5.41) is 21.9. The van der Waals surface area contributed by atoms with E-state index in [0.717, 1.165) is 11.3 Å². The van der Waals surface area contributed by atoms with E-state index in [0.29, 0.717) is 25.8 Å². The van der Waals surface area contributed by atoms with Gasteiger partial charge in [-0.3, -0.25) is 10.1 Å². The number of benzene rings is 1. The summed E-state index contributed by atoms with van der Waals surface area (Å²) in [6.45, 7) is 0. The number of imidazole rings is 1. The zero-order valence-electron chi connectivity index (χ0n) is 12.6. The molecule has 0 fully saturated rings. The Morgan fingerprint density at radius 3 is 2.69 bits per heavy atom. The summed E-state index contributed by atoms with van der Waals surface area (Å²) < 4.78 is 3.48. The molecule has 3 heterocycles. The number of hydrogen-bond donors (Lipinski definition) is 1. The number of hydrogen-bond acceptors (Lipinski definition) is 5. The van der Waals surface area contributed by atoms with Gasteiger partial charge in [-0.2, -0.15) is 4.40 Å². The SMILES string of the molecule is O=c1/c(=C(\O)CCl)[n+]2cc([N+](=O)[O-])cc3sc4c(Cl)ccc(Cl)c4n1-c32. The largest absolute Gasteiger partial charge is 0.506 e. The fourth-order valence-electron chi connectivity index (χ4n) is 2.89. The van der Waals surface area contributed by atoms with Crippen molar-refractivity contribution in [3.63, 3.8) is 0 Å². The van der Waals surface area contributed by atoms with Crippen molar-refractivity contribution >= 4 is 72.5 Å². The van der Waals surface area contributed by atoms with Crippen LogP contribution in [0.5, 0.6) is 0 Å². The first-order chi connectivity index (χ1) is 12.3. The van der Waals surface area contributed by atoms with Crippen LogP contribution in [0.25, 0.3) is 26.5 Å². The van der Waals surface area contributed by atoms with Gasteiger partial charge in [0.2, 0.25) is 0 Å². The molecule has 0 unspecified atom stereocenters.